The zero-order valence-electron chi connectivity index (χ0n) is 12.7. The van der Waals surface area contributed by atoms with Crippen molar-refractivity contribution in [1.29, 1.82) is 0 Å². The third-order valence-corrected chi connectivity index (χ3v) is 5.47. The number of methoxy groups -OCH3 is 1. The number of hydrogen-bond acceptors (Lipinski definition) is 5. The first-order valence-electron chi connectivity index (χ1n) is 7.33. The van der Waals surface area contributed by atoms with E-state index in [0.29, 0.717) is 18.7 Å². The number of hydrogen-bond donors (Lipinski definition) is 2. The van der Waals surface area contributed by atoms with Crippen LogP contribution in [0, 0.1) is 13.8 Å². The molecule has 0 saturated heterocycles. The van der Waals surface area contributed by atoms with E-state index < -0.39 is 0 Å². The number of aromatic nitrogens is 2. The summed E-state index contributed by atoms with van der Waals surface area (Å²) in [7, 11) is 1.77. The molecule has 2 heterocycles. The van der Waals surface area contributed by atoms with Crippen molar-refractivity contribution in [2.24, 2.45) is 0 Å². The second-order valence-corrected chi connectivity index (χ2v) is 6.93. The Morgan fingerprint density at radius 1 is 1.43 bits per heavy atom. The lowest BCUT2D eigenvalue weighted by molar-refractivity contribution is 0.107. The molecule has 0 radical (unpaired) electrons. The Balaban J connectivity index is 1.75. The predicted molar refractivity (Wildman–Crippen MR) is 85.0 cm³/mol. The maximum absolute atomic E-state index is 12.2. The quantitative estimate of drug-likeness (QED) is 0.909. The molecular weight excluding hydrogens is 286 g/mol. The van der Waals surface area contributed by atoms with Crippen molar-refractivity contribution in [2.45, 2.75) is 51.8 Å². The Bertz CT molecular complexity index is 707. The summed E-state index contributed by atoms with van der Waals surface area (Å²) >= 11 is 1.59. The van der Waals surface area contributed by atoms with Gasteiger partial charge in [-0.1, -0.05) is 0 Å². The molecule has 2 atom stereocenters. The summed E-state index contributed by atoms with van der Waals surface area (Å²) in [5, 5.41) is 4.21. The van der Waals surface area contributed by atoms with E-state index in [2.05, 4.69) is 15.3 Å². The fraction of sp³-hybridized carbons (Fsp3) is 0.600. The van der Waals surface area contributed by atoms with Gasteiger partial charge in [0.1, 0.15) is 10.7 Å². The lowest BCUT2D eigenvalue weighted by atomic mass is 10.2. The van der Waals surface area contributed by atoms with Gasteiger partial charge in [-0.3, -0.25) is 4.79 Å². The summed E-state index contributed by atoms with van der Waals surface area (Å²) in [6, 6.07) is 0.447. The molecule has 0 aromatic carbocycles. The molecule has 2 unspecified atom stereocenters. The van der Waals surface area contributed by atoms with Gasteiger partial charge >= 0.3 is 0 Å². The summed E-state index contributed by atoms with van der Waals surface area (Å²) in [5.74, 6) is 0.717. The molecule has 0 bridgehead atoms. The molecule has 2 aromatic heterocycles. The van der Waals surface area contributed by atoms with E-state index in [1.165, 1.54) is 0 Å². The van der Waals surface area contributed by atoms with Crippen LogP contribution in [0.4, 0.5) is 0 Å². The Kier molecular flexibility index (Phi) is 4.10. The lowest BCUT2D eigenvalue weighted by Gasteiger charge is -2.12. The minimum atomic E-state index is -0.0279. The van der Waals surface area contributed by atoms with Crippen LogP contribution in [0.5, 0.6) is 0 Å². The number of rotatable bonds is 4. The maximum Gasteiger partial charge on any atom is 0.259 e. The summed E-state index contributed by atoms with van der Waals surface area (Å²) < 4.78 is 5.37. The van der Waals surface area contributed by atoms with Crippen LogP contribution in [-0.4, -0.2) is 29.2 Å². The zero-order chi connectivity index (χ0) is 15.0. The fourth-order valence-corrected chi connectivity index (χ4v) is 4.01. The molecule has 6 heteroatoms. The molecule has 5 nitrogen and oxygen atoms in total. The predicted octanol–water partition coefficient (Wildman–Crippen LogP) is 2.26. The van der Waals surface area contributed by atoms with Crippen LogP contribution in [0.3, 0.4) is 0 Å². The van der Waals surface area contributed by atoms with E-state index in [-0.39, 0.29) is 5.56 Å². The smallest absolute Gasteiger partial charge is 0.259 e. The zero-order valence-corrected chi connectivity index (χ0v) is 13.5. The fourth-order valence-electron chi connectivity index (χ4n) is 2.96. The number of nitrogens with zero attached hydrogens (tertiary/aromatic N) is 1. The molecule has 114 valence electrons. The monoisotopic (exact) mass is 307 g/mol. The second-order valence-electron chi connectivity index (χ2n) is 5.72. The SMILES string of the molecule is COC1CCC(NCc2nc3sc(C)c(C)c3c(=O)[nH]2)C1. The summed E-state index contributed by atoms with van der Waals surface area (Å²) in [4.78, 5) is 21.7. The van der Waals surface area contributed by atoms with Crippen molar-refractivity contribution in [1.82, 2.24) is 15.3 Å². The molecule has 3 rings (SSSR count). The van der Waals surface area contributed by atoms with Gasteiger partial charge in [0.2, 0.25) is 0 Å². The number of aromatic amines is 1. The molecule has 2 N–H and O–H groups in total. The highest BCUT2D eigenvalue weighted by Gasteiger charge is 2.24. The van der Waals surface area contributed by atoms with Crippen LogP contribution in [0.15, 0.2) is 4.79 Å². The highest BCUT2D eigenvalue weighted by atomic mass is 32.1. The molecule has 21 heavy (non-hydrogen) atoms. The lowest BCUT2D eigenvalue weighted by Crippen LogP contribution is -2.28. The standard InChI is InChI=1S/C15H21N3O2S/c1-8-9(2)21-15-13(8)14(19)17-12(18-15)7-16-10-4-5-11(6-10)20-3/h10-11,16H,4-7H2,1-3H3,(H,17,18,19). The van der Waals surface area contributed by atoms with Gasteiger partial charge in [-0.05, 0) is 38.7 Å². The largest absolute Gasteiger partial charge is 0.381 e. The Morgan fingerprint density at radius 3 is 2.95 bits per heavy atom. The average molecular weight is 307 g/mol. The van der Waals surface area contributed by atoms with Crippen LogP contribution in [0.2, 0.25) is 0 Å². The third kappa shape index (κ3) is 2.88. The molecule has 1 aliphatic carbocycles. The Morgan fingerprint density at radius 2 is 2.24 bits per heavy atom. The molecular formula is C15H21N3O2S. The number of ether oxygens (including phenoxy) is 1. The number of H-pyrrole nitrogens is 1. The summed E-state index contributed by atoms with van der Waals surface area (Å²) in [5.41, 5.74) is 1.02. The van der Waals surface area contributed by atoms with Crippen molar-refractivity contribution in [2.75, 3.05) is 7.11 Å². The van der Waals surface area contributed by atoms with Gasteiger partial charge in [0.15, 0.2) is 0 Å². The highest BCUT2D eigenvalue weighted by Crippen LogP contribution is 2.26. The number of aryl methyl sites for hydroxylation is 2. The van der Waals surface area contributed by atoms with Gasteiger partial charge in [0.05, 0.1) is 18.0 Å². The number of thiophene rings is 1. The Hall–Kier alpha value is -1.24. The van der Waals surface area contributed by atoms with Crippen molar-refractivity contribution >= 4 is 21.6 Å². The van der Waals surface area contributed by atoms with Crippen LogP contribution >= 0.6 is 11.3 Å². The molecule has 1 saturated carbocycles. The van der Waals surface area contributed by atoms with E-state index in [4.69, 9.17) is 4.74 Å². The molecule has 1 fully saturated rings. The molecule has 0 spiro atoms. The van der Waals surface area contributed by atoms with Crippen molar-refractivity contribution in [3.8, 4) is 0 Å². The molecule has 0 aliphatic heterocycles. The van der Waals surface area contributed by atoms with Gasteiger partial charge in [0.25, 0.3) is 5.56 Å². The molecule has 1 aliphatic rings. The van der Waals surface area contributed by atoms with Crippen LogP contribution in [0.25, 0.3) is 10.2 Å². The number of nitrogens with one attached hydrogen (secondary N) is 2. The van der Waals surface area contributed by atoms with Crippen molar-refractivity contribution < 1.29 is 4.74 Å². The third-order valence-electron chi connectivity index (χ3n) is 4.36. The number of fused-ring (bicyclic) bond motifs is 1. The van der Waals surface area contributed by atoms with Crippen molar-refractivity contribution in [3.63, 3.8) is 0 Å². The van der Waals surface area contributed by atoms with E-state index in [9.17, 15) is 4.79 Å². The molecule has 0 amide bonds. The minimum absolute atomic E-state index is 0.0279. The van der Waals surface area contributed by atoms with E-state index in [1.807, 2.05) is 13.8 Å². The first kappa shape index (κ1) is 14.7. The first-order valence-corrected chi connectivity index (χ1v) is 8.15. The van der Waals surface area contributed by atoms with Crippen LogP contribution < -0.4 is 10.9 Å². The van der Waals surface area contributed by atoms with E-state index >= 15 is 0 Å². The Labute approximate surface area is 127 Å². The van der Waals surface area contributed by atoms with Gasteiger partial charge in [0, 0.05) is 18.0 Å². The minimum Gasteiger partial charge on any atom is -0.381 e. The normalized spacial score (nSPS) is 22.2. The van der Waals surface area contributed by atoms with Crippen LogP contribution in [-0.2, 0) is 11.3 Å². The highest BCUT2D eigenvalue weighted by molar-refractivity contribution is 7.18. The topological polar surface area (TPSA) is 67.0 Å². The van der Waals surface area contributed by atoms with Crippen LogP contribution in [0.1, 0.15) is 35.5 Å². The van der Waals surface area contributed by atoms with Gasteiger partial charge in [-0.15, -0.1) is 11.3 Å². The second kappa shape index (κ2) is 5.87. The molecule has 2 aromatic rings. The van der Waals surface area contributed by atoms with E-state index in [1.54, 1.807) is 18.4 Å². The first-order chi connectivity index (χ1) is 10.1. The van der Waals surface area contributed by atoms with Gasteiger partial charge < -0.3 is 15.0 Å². The maximum atomic E-state index is 12.2. The van der Waals surface area contributed by atoms with E-state index in [0.717, 1.165) is 45.7 Å². The van der Waals surface area contributed by atoms with Gasteiger partial charge in [-0.25, -0.2) is 4.98 Å². The van der Waals surface area contributed by atoms with Gasteiger partial charge in [-0.2, -0.15) is 0 Å². The summed E-state index contributed by atoms with van der Waals surface area (Å²) in [6.45, 7) is 4.61. The average Bonchev–Trinajstić information content (AvgIpc) is 3.02. The van der Waals surface area contributed by atoms with Crippen molar-refractivity contribution in [3.05, 3.63) is 26.6 Å². The summed E-state index contributed by atoms with van der Waals surface area (Å²) in [6.07, 6.45) is 3.60.